The Kier molecular flexibility index (Phi) is 6.82. The minimum Gasteiger partial charge on any atom is -0.444 e. The van der Waals surface area contributed by atoms with Crippen molar-refractivity contribution in [2.24, 2.45) is 0 Å². The number of hydrogen-bond donors (Lipinski definition) is 1. The maximum absolute atomic E-state index is 12.9. The standard InChI is InChI=1S/C18H23N3O2.ClH/c1-2-12-21(15-8-10-19-11-9-15)18(22)16-13-23-17(20-16)14-6-4-3-5-7-14;/h3-7,13,15,19H,2,8-12H2,1H3;1H. The number of aromatic nitrogens is 1. The highest BCUT2D eigenvalue weighted by Gasteiger charge is 2.27. The number of halogens is 1. The Morgan fingerprint density at radius 1 is 1.29 bits per heavy atom. The zero-order chi connectivity index (χ0) is 16.1. The van der Waals surface area contributed by atoms with Crippen molar-refractivity contribution in [3.63, 3.8) is 0 Å². The van der Waals surface area contributed by atoms with Gasteiger partial charge in [-0.1, -0.05) is 25.1 Å². The minimum absolute atomic E-state index is 0. The van der Waals surface area contributed by atoms with Gasteiger partial charge in [0.2, 0.25) is 5.89 Å². The van der Waals surface area contributed by atoms with Gasteiger partial charge in [-0.2, -0.15) is 0 Å². The van der Waals surface area contributed by atoms with E-state index in [1.165, 1.54) is 6.26 Å². The monoisotopic (exact) mass is 349 g/mol. The Morgan fingerprint density at radius 3 is 2.67 bits per heavy atom. The number of rotatable bonds is 5. The van der Waals surface area contributed by atoms with Crippen molar-refractivity contribution < 1.29 is 9.21 Å². The molecule has 6 heteroatoms. The molecule has 1 fully saturated rings. The lowest BCUT2D eigenvalue weighted by Gasteiger charge is -2.34. The molecule has 24 heavy (non-hydrogen) atoms. The fraction of sp³-hybridized carbons (Fsp3) is 0.444. The Balaban J connectivity index is 0.00000208. The lowest BCUT2D eigenvalue weighted by Crippen LogP contribution is -2.46. The van der Waals surface area contributed by atoms with Crippen LogP contribution in [0.25, 0.3) is 11.5 Å². The molecular weight excluding hydrogens is 326 g/mol. The van der Waals surface area contributed by atoms with Crippen molar-refractivity contribution in [3.8, 4) is 11.5 Å². The van der Waals surface area contributed by atoms with Crippen molar-refractivity contribution in [3.05, 3.63) is 42.3 Å². The summed E-state index contributed by atoms with van der Waals surface area (Å²) in [5.74, 6) is 0.473. The summed E-state index contributed by atoms with van der Waals surface area (Å²) in [5.41, 5.74) is 1.28. The molecule has 1 saturated heterocycles. The second-order valence-electron chi connectivity index (χ2n) is 5.88. The third kappa shape index (κ3) is 4.16. The first kappa shape index (κ1) is 18.5. The number of nitrogens with zero attached hydrogens (tertiary/aromatic N) is 2. The molecule has 1 amide bonds. The molecule has 130 valence electrons. The summed E-state index contributed by atoms with van der Waals surface area (Å²) < 4.78 is 5.52. The SMILES string of the molecule is CCCN(C(=O)c1coc(-c2ccccc2)n1)C1CCNCC1.Cl. The maximum Gasteiger partial charge on any atom is 0.276 e. The minimum atomic E-state index is -0.0234. The highest BCUT2D eigenvalue weighted by Crippen LogP contribution is 2.21. The Bertz CT molecular complexity index is 639. The third-order valence-corrected chi connectivity index (χ3v) is 4.22. The van der Waals surface area contributed by atoms with Gasteiger partial charge in [0.25, 0.3) is 5.91 Å². The largest absolute Gasteiger partial charge is 0.444 e. The fourth-order valence-corrected chi connectivity index (χ4v) is 3.04. The van der Waals surface area contributed by atoms with E-state index in [-0.39, 0.29) is 18.3 Å². The predicted octanol–water partition coefficient (Wildman–Crippen LogP) is 3.37. The van der Waals surface area contributed by atoms with Crippen LogP contribution >= 0.6 is 12.4 Å². The fourth-order valence-electron chi connectivity index (χ4n) is 3.04. The van der Waals surface area contributed by atoms with Gasteiger partial charge in [0.1, 0.15) is 6.26 Å². The van der Waals surface area contributed by atoms with Gasteiger partial charge in [-0.25, -0.2) is 4.98 Å². The number of piperidine rings is 1. The zero-order valence-electron chi connectivity index (χ0n) is 13.9. The van der Waals surface area contributed by atoms with Crippen molar-refractivity contribution in [2.75, 3.05) is 19.6 Å². The molecule has 5 nitrogen and oxygen atoms in total. The summed E-state index contributed by atoms with van der Waals surface area (Å²) in [6, 6.07) is 9.95. The normalized spacial score (nSPS) is 14.9. The Labute approximate surface area is 148 Å². The van der Waals surface area contributed by atoms with Gasteiger partial charge >= 0.3 is 0 Å². The van der Waals surface area contributed by atoms with E-state index in [1.807, 2.05) is 35.2 Å². The summed E-state index contributed by atoms with van der Waals surface area (Å²) in [4.78, 5) is 19.2. The molecule has 1 aromatic carbocycles. The second kappa shape index (κ2) is 8.85. The first-order valence-corrected chi connectivity index (χ1v) is 8.32. The predicted molar refractivity (Wildman–Crippen MR) is 96.4 cm³/mol. The molecule has 1 aliphatic rings. The van der Waals surface area contributed by atoms with Crippen LogP contribution in [0.3, 0.4) is 0 Å². The molecule has 1 aromatic heterocycles. The van der Waals surface area contributed by atoms with E-state index in [1.54, 1.807) is 0 Å². The van der Waals surface area contributed by atoms with Crippen molar-refractivity contribution in [1.82, 2.24) is 15.2 Å². The Hall–Kier alpha value is -1.85. The van der Waals surface area contributed by atoms with Crippen LogP contribution < -0.4 is 5.32 Å². The van der Waals surface area contributed by atoms with Crippen molar-refractivity contribution in [2.45, 2.75) is 32.2 Å². The molecule has 0 unspecified atom stereocenters. The summed E-state index contributed by atoms with van der Waals surface area (Å²) in [6.07, 6.45) is 4.41. The first-order chi connectivity index (χ1) is 11.3. The third-order valence-electron chi connectivity index (χ3n) is 4.22. The number of amides is 1. The lowest BCUT2D eigenvalue weighted by molar-refractivity contribution is 0.0636. The van der Waals surface area contributed by atoms with Gasteiger partial charge in [-0.15, -0.1) is 12.4 Å². The van der Waals surface area contributed by atoms with Gasteiger partial charge < -0.3 is 14.6 Å². The van der Waals surface area contributed by atoms with Crippen LogP contribution in [0, 0.1) is 0 Å². The molecule has 0 radical (unpaired) electrons. The highest BCUT2D eigenvalue weighted by molar-refractivity contribution is 5.92. The van der Waals surface area contributed by atoms with E-state index in [0.29, 0.717) is 17.6 Å². The van der Waals surface area contributed by atoms with Crippen molar-refractivity contribution >= 4 is 18.3 Å². The van der Waals surface area contributed by atoms with Crippen LogP contribution in [0.2, 0.25) is 0 Å². The average Bonchev–Trinajstić information content (AvgIpc) is 3.11. The molecule has 1 aliphatic heterocycles. The summed E-state index contributed by atoms with van der Waals surface area (Å²) in [5, 5.41) is 3.34. The zero-order valence-corrected chi connectivity index (χ0v) is 14.7. The number of nitrogens with one attached hydrogen (secondary N) is 1. The van der Waals surface area contributed by atoms with E-state index >= 15 is 0 Å². The quantitative estimate of drug-likeness (QED) is 0.899. The van der Waals surface area contributed by atoms with E-state index < -0.39 is 0 Å². The summed E-state index contributed by atoms with van der Waals surface area (Å²) in [6.45, 7) is 4.79. The second-order valence-corrected chi connectivity index (χ2v) is 5.88. The Morgan fingerprint density at radius 2 is 2.00 bits per heavy atom. The van der Waals surface area contributed by atoms with Crippen LogP contribution in [-0.2, 0) is 0 Å². The number of carbonyl (C=O) groups excluding carboxylic acids is 1. The first-order valence-electron chi connectivity index (χ1n) is 8.32. The van der Waals surface area contributed by atoms with Gasteiger partial charge in [0.15, 0.2) is 5.69 Å². The molecular formula is C18H24ClN3O2. The summed E-state index contributed by atoms with van der Waals surface area (Å²) >= 11 is 0. The van der Waals surface area contributed by atoms with Gasteiger partial charge in [0.05, 0.1) is 0 Å². The number of hydrogen-bond acceptors (Lipinski definition) is 4. The van der Waals surface area contributed by atoms with Gasteiger partial charge in [-0.3, -0.25) is 4.79 Å². The molecule has 0 spiro atoms. The molecule has 0 bridgehead atoms. The molecule has 2 heterocycles. The lowest BCUT2D eigenvalue weighted by atomic mass is 10.0. The van der Waals surface area contributed by atoms with Crippen LogP contribution in [0.15, 0.2) is 41.0 Å². The van der Waals surface area contributed by atoms with E-state index in [4.69, 9.17) is 4.42 Å². The van der Waals surface area contributed by atoms with Crippen LogP contribution in [0.1, 0.15) is 36.7 Å². The highest BCUT2D eigenvalue weighted by atomic mass is 35.5. The summed E-state index contributed by atoms with van der Waals surface area (Å²) in [7, 11) is 0. The molecule has 1 N–H and O–H groups in total. The molecule has 0 atom stereocenters. The number of benzene rings is 1. The van der Waals surface area contributed by atoms with Crippen molar-refractivity contribution in [1.29, 1.82) is 0 Å². The van der Waals surface area contributed by atoms with E-state index in [0.717, 1.165) is 44.5 Å². The topological polar surface area (TPSA) is 58.4 Å². The number of carbonyl (C=O) groups is 1. The smallest absolute Gasteiger partial charge is 0.276 e. The molecule has 3 rings (SSSR count). The van der Waals surface area contributed by atoms with Gasteiger partial charge in [-0.05, 0) is 44.5 Å². The maximum atomic E-state index is 12.9. The van der Waals surface area contributed by atoms with Crippen LogP contribution in [0.5, 0.6) is 0 Å². The van der Waals surface area contributed by atoms with E-state index in [2.05, 4.69) is 17.2 Å². The van der Waals surface area contributed by atoms with Crippen LogP contribution in [-0.4, -0.2) is 41.5 Å². The van der Waals surface area contributed by atoms with E-state index in [9.17, 15) is 4.79 Å². The molecule has 0 aliphatic carbocycles. The average molecular weight is 350 g/mol. The molecule has 2 aromatic rings. The molecule has 0 saturated carbocycles. The number of oxazole rings is 1. The van der Waals surface area contributed by atoms with Crippen LogP contribution in [0.4, 0.5) is 0 Å². The van der Waals surface area contributed by atoms with Gasteiger partial charge in [0, 0.05) is 18.2 Å².